The number of rotatable bonds is 2. The third kappa shape index (κ3) is 3.20. The van der Waals surface area contributed by atoms with Gasteiger partial charge in [-0.1, -0.05) is 12.1 Å². The standard InChI is InChI=1S/C14H22N2O/c1-11-9-16(7-4-8-17-11)10-13-5-3-6-14(15)12(13)2/h3,5-6,11H,4,7-10,15H2,1-2H3. The van der Waals surface area contributed by atoms with Crippen molar-refractivity contribution in [3.63, 3.8) is 0 Å². The van der Waals surface area contributed by atoms with Gasteiger partial charge in [-0.15, -0.1) is 0 Å². The van der Waals surface area contributed by atoms with Crippen molar-refractivity contribution in [1.29, 1.82) is 0 Å². The highest BCUT2D eigenvalue weighted by Gasteiger charge is 2.15. The SMILES string of the molecule is Cc1c(N)cccc1CN1CCCOC(C)C1. The highest BCUT2D eigenvalue weighted by Crippen LogP contribution is 2.18. The Labute approximate surface area is 104 Å². The van der Waals surface area contributed by atoms with E-state index in [1.165, 1.54) is 11.1 Å². The van der Waals surface area contributed by atoms with Gasteiger partial charge in [-0.2, -0.15) is 0 Å². The van der Waals surface area contributed by atoms with Gasteiger partial charge in [0, 0.05) is 31.9 Å². The molecule has 1 fully saturated rings. The Kier molecular flexibility index (Phi) is 4.02. The van der Waals surface area contributed by atoms with Crippen molar-refractivity contribution in [2.24, 2.45) is 0 Å². The number of anilines is 1. The molecule has 0 spiro atoms. The van der Waals surface area contributed by atoms with E-state index in [1.54, 1.807) is 0 Å². The van der Waals surface area contributed by atoms with Gasteiger partial charge in [-0.3, -0.25) is 4.90 Å². The predicted molar refractivity (Wildman–Crippen MR) is 70.9 cm³/mol. The van der Waals surface area contributed by atoms with E-state index in [0.717, 1.165) is 38.3 Å². The van der Waals surface area contributed by atoms with Crippen LogP contribution >= 0.6 is 0 Å². The number of benzene rings is 1. The van der Waals surface area contributed by atoms with Crippen molar-refractivity contribution in [1.82, 2.24) is 4.90 Å². The fraction of sp³-hybridized carbons (Fsp3) is 0.571. The molecule has 0 aliphatic carbocycles. The molecule has 2 N–H and O–H groups in total. The average Bonchev–Trinajstić information content (AvgIpc) is 2.49. The number of nitrogen functional groups attached to an aromatic ring is 1. The van der Waals surface area contributed by atoms with Gasteiger partial charge >= 0.3 is 0 Å². The van der Waals surface area contributed by atoms with Crippen LogP contribution in [0.2, 0.25) is 0 Å². The van der Waals surface area contributed by atoms with Crippen molar-refractivity contribution in [2.45, 2.75) is 32.9 Å². The van der Waals surface area contributed by atoms with Crippen LogP contribution in [0.25, 0.3) is 0 Å². The summed E-state index contributed by atoms with van der Waals surface area (Å²) in [5, 5.41) is 0. The molecule has 94 valence electrons. The monoisotopic (exact) mass is 234 g/mol. The smallest absolute Gasteiger partial charge is 0.0674 e. The van der Waals surface area contributed by atoms with Gasteiger partial charge in [0.1, 0.15) is 0 Å². The number of nitrogens with zero attached hydrogens (tertiary/aromatic N) is 1. The molecule has 1 aromatic rings. The first-order valence-corrected chi connectivity index (χ1v) is 6.34. The molecule has 1 atom stereocenters. The van der Waals surface area contributed by atoms with Crippen LogP contribution in [-0.4, -0.2) is 30.7 Å². The number of ether oxygens (including phenoxy) is 1. The number of hydrogen-bond acceptors (Lipinski definition) is 3. The molecule has 0 bridgehead atoms. The van der Waals surface area contributed by atoms with Crippen molar-refractivity contribution in [2.75, 3.05) is 25.4 Å². The molecule has 1 aromatic carbocycles. The van der Waals surface area contributed by atoms with Gasteiger partial charge in [0.15, 0.2) is 0 Å². The molecule has 0 saturated carbocycles. The van der Waals surface area contributed by atoms with E-state index in [4.69, 9.17) is 10.5 Å². The molecule has 0 radical (unpaired) electrons. The second kappa shape index (κ2) is 5.52. The summed E-state index contributed by atoms with van der Waals surface area (Å²) in [6, 6.07) is 6.17. The largest absolute Gasteiger partial charge is 0.399 e. The first-order chi connectivity index (χ1) is 8.16. The summed E-state index contributed by atoms with van der Waals surface area (Å²) in [5.74, 6) is 0. The topological polar surface area (TPSA) is 38.5 Å². The normalized spacial score (nSPS) is 22.4. The lowest BCUT2D eigenvalue weighted by atomic mass is 10.1. The zero-order valence-corrected chi connectivity index (χ0v) is 10.8. The lowest BCUT2D eigenvalue weighted by Gasteiger charge is -2.23. The Bertz CT molecular complexity index is 378. The summed E-state index contributed by atoms with van der Waals surface area (Å²) in [6.45, 7) is 8.22. The van der Waals surface area contributed by atoms with Crippen LogP contribution in [0.3, 0.4) is 0 Å². The molecule has 1 aliphatic rings. The molecule has 1 heterocycles. The number of hydrogen-bond donors (Lipinski definition) is 1. The lowest BCUT2D eigenvalue weighted by molar-refractivity contribution is 0.0668. The molecule has 17 heavy (non-hydrogen) atoms. The summed E-state index contributed by atoms with van der Waals surface area (Å²) in [7, 11) is 0. The Hall–Kier alpha value is -1.06. The Morgan fingerprint density at radius 2 is 2.29 bits per heavy atom. The Morgan fingerprint density at radius 1 is 1.47 bits per heavy atom. The minimum Gasteiger partial charge on any atom is -0.399 e. The van der Waals surface area contributed by atoms with E-state index in [9.17, 15) is 0 Å². The highest BCUT2D eigenvalue weighted by atomic mass is 16.5. The molecule has 3 heteroatoms. The molecule has 0 aromatic heterocycles. The summed E-state index contributed by atoms with van der Waals surface area (Å²) >= 11 is 0. The van der Waals surface area contributed by atoms with Crippen molar-refractivity contribution in [3.05, 3.63) is 29.3 Å². The Morgan fingerprint density at radius 3 is 3.12 bits per heavy atom. The molecular formula is C14H22N2O. The maximum Gasteiger partial charge on any atom is 0.0674 e. The molecule has 1 saturated heterocycles. The van der Waals surface area contributed by atoms with Crippen molar-refractivity contribution < 1.29 is 4.74 Å². The van der Waals surface area contributed by atoms with E-state index >= 15 is 0 Å². The van der Waals surface area contributed by atoms with Crippen molar-refractivity contribution >= 4 is 5.69 Å². The van der Waals surface area contributed by atoms with Crippen LogP contribution in [0.4, 0.5) is 5.69 Å². The van der Waals surface area contributed by atoms with Crippen LogP contribution < -0.4 is 5.73 Å². The predicted octanol–water partition coefficient (Wildman–Crippen LogP) is 2.19. The van der Waals surface area contributed by atoms with Gasteiger partial charge < -0.3 is 10.5 Å². The van der Waals surface area contributed by atoms with Crippen LogP contribution in [0.15, 0.2) is 18.2 Å². The van der Waals surface area contributed by atoms with E-state index in [0.29, 0.717) is 6.10 Å². The Balaban J connectivity index is 2.06. The van der Waals surface area contributed by atoms with E-state index in [2.05, 4.69) is 24.8 Å². The summed E-state index contributed by atoms with van der Waals surface area (Å²) in [4.78, 5) is 2.46. The molecule has 0 amide bonds. The van der Waals surface area contributed by atoms with Crippen LogP contribution in [0, 0.1) is 6.92 Å². The van der Waals surface area contributed by atoms with Gasteiger partial charge in [-0.25, -0.2) is 0 Å². The minimum absolute atomic E-state index is 0.332. The van der Waals surface area contributed by atoms with Crippen LogP contribution in [0.5, 0.6) is 0 Å². The first-order valence-electron chi connectivity index (χ1n) is 6.34. The fourth-order valence-electron chi connectivity index (χ4n) is 2.34. The average molecular weight is 234 g/mol. The summed E-state index contributed by atoms with van der Waals surface area (Å²) in [5.41, 5.74) is 9.38. The lowest BCUT2D eigenvalue weighted by Crippen LogP contribution is -2.30. The maximum absolute atomic E-state index is 5.94. The fourth-order valence-corrected chi connectivity index (χ4v) is 2.34. The molecule has 1 unspecified atom stereocenters. The maximum atomic E-state index is 5.94. The van der Waals surface area contributed by atoms with Gasteiger partial charge in [0.2, 0.25) is 0 Å². The second-order valence-electron chi connectivity index (χ2n) is 4.90. The van der Waals surface area contributed by atoms with E-state index in [-0.39, 0.29) is 0 Å². The van der Waals surface area contributed by atoms with Crippen LogP contribution in [0.1, 0.15) is 24.5 Å². The summed E-state index contributed by atoms with van der Waals surface area (Å²) < 4.78 is 5.66. The highest BCUT2D eigenvalue weighted by molar-refractivity contribution is 5.49. The molecule has 2 rings (SSSR count). The van der Waals surface area contributed by atoms with Gasteiger partial charge in [0.05, 0.1) is 6.10 Å². The minimum atomic E-state index is 0.332. The zero-order chi connectivity index (χ0) is 12.3. The van der Waals surface area contributed by atoms with E-state index in [1.807, 2.05) is 12.1 Å². The number of nitrogens with two attached hydrogens (primary N) is 1. The molecule has 1 aliphatic heterocycles. The third-order valence-electron chi connectivity index (χ3n) is 3.42. The quantitative estimate of drug-likeness (QED) is 0.797. The second-order valence-corrected chi connectivity index (χ2v) is 4.90. The van der Waals surface area contributed by atoms with Crippen LogP contribution in [-0.2, 0) is 11.3 Å². The van der Waals surface area contributed by atoms with E-state index < -0.39 is 0 Å². The van der Waals surface area contributed by atoms with Gasteiger partial charge in [-0.05, 0) is 37.5 Å². The summed E-state index contributed by atoms with van der Waals surface area (Å²) in [6.07, 6.45) is 1.45. The molecule has 3 nitrogen and oxygen atoms in total. The molecular weight excluding hydrogens is 212 g/mol. The third-order valence-corrected chi connectivity index (χ3v) is 3.42. The van der Waals surface area contributed by atoms with Crippen molar-refractivity contribution in [3.8, 4) is 0 Å². The van der Waals surface area contributed by atoms with Gasteiger partial charge in [0.25, 0.3) is 0 Å². The first kappa shape index (κ1) is 12.4. The zero-order valence-electron chi connectivity index (χ0n) is 10.8.